The molecule has 0 spiro atoms. The minimum absolute atomic E-state index is 0.0199. The molecule has 1 N–H and O–H groups in total. The number of nitrogens with zero attached hydrogens (tertiary/aromatic N) is 2. The first-order valence-corrected chi connectivity index (χ1v) is 6.21. The summed E-state index contributed by atoms with van der Waals surface area (Å²) in [6.07, 6.45) is 0.103. The van der Waals surface area contributed by atoms with Crippen LogP contribution in [0.2, 0.25) is 5.15 Å². The van der Waals surface area contributed by atoms with Crippen molar-refractivity contribution in [2.24, 2.45) is 0 Å². The zero-order chi connectivity index (χ0) is 14.0. The third-order valence-electron chi connectivity index (χ3n) is 3.35. The highest BCUT2D eigenvalue weighted by atomic mass is 35.5. The normalized spacial score (nSPS) is 21.8. The van der Waals surface area contributed by atoms with Gasteiger partial charge in [0.15, 0.2) is 0 Å². The van der Waals surface area contributed by atoms with E-state index >= 15 is 0 Å². The summed E-state index contributed by atoms with van der Waals surface area (Å²) in [6.45, 7) is 0.0219. The fourth-order valence-corrected chi connectivity index (χ4v) is 2.42. The Labute approximate surface area is 114 Å². The molecule has 5 nitrogen and oxygen atoms in total. The highest BCUT2D eigenvalue weighted by Crippen LogP contribution is 2.40. The summed E-state index contributed by atoms with van der Waals surface area (Å²) in [4.78, 5) is 15.8. The number of amides is 1. The molecule has 0 bridgehead atoms. The standard InChI is InChI=1S/C12H14ClFN2O3/c1-19-6-16(12(17)18)8-4-7(5-8)9-2-3-10(13)15-11(9)14/h2-3,7-8H,4-6H2,1H3,(H,17,18). The molecular weight excluding hydrogens is 275 g/mol. The van der Waals surface area contributed by atoms with E-state index in [1.807, 2.05) is 0 Å². The molecule has 1 saturated carbocycles. The molecule has 0 atom stereocenters. The van der Waals surface area contributed by atoms with E-state index in [4.69, 9.17) is 21.4 Å². The van der Waals surface area contributed by atoms with Crippen molar-refractivity contribution >= 4 is 17.7 Å². The summed E-state index contributed by atoms with van der Waals surface area (Å²) in [5, 5.41) is 9.14. The number of hydrogen-bond donors (Lipinski definition) is 1. The lowest BCUT2D eigenvalue weighted by Gasteiger charge is -2.41. The van der Waals surface area contributed by atoms with Crippen LogP contribution in [0.15, 0.2) is 12.1 Å². The molecular formula is C12H14ClFN2O3. The van der Waals surface area contributed by atoms with E-state index in [2.05, 4.69) is 4.98 Å². The quantitative estimate of drug-likeness (QED) is 0.683. The van der Waals surface area contributed by atoms with Gasteiger partial charge < -0.3 is 9.84 Å². The van der Waals surface area contributed by atoms with Crippen LogP contribution in [0.3, 0.4) is 0 Å². The zero-order valence-corrected chi connectivity index (χ0v) is 11.1. The third kappa shape index (κ3) is 2.96. The van der Waals surface area contributed by atoms with Crippen LogP contribution in [-0.4, -0.2) is 41.0 Å². The summed E-state index contributed by atoms with van der Waals surface area (Å²) < 4.78 is 18.5. The van der Waals surface area contributed by atoms with Crippen molar-refractivity contribution in [3.63, 3.8) is 0 Å². The molecule has 19 heavy (non-hydrogen) atoms. The Morgan fingerprint density at radius 1 is 1.63 bits per heavy atom. The summed E-state index contributed by atoms with van der Waals surface area (Å²) in [6, 6.07) is 3.00. The zero-order valence-electron chi connectivity index (χ0n) is 10.3. The second kappa shape index (κ2) is 5.71. The molecule has 1 amide bonds. The number of ether oxygens (including phenoxy) is 1. The fraction of sp³-hybridized carbons (Fsp3) is 0.500. The van der Waals surface area contributed by atoms with E-state index in [1.54, 1.807) is 6.07 Å². The summed E-state index contributed by atoms with van der Waals surface area (Å²) in [5.41, 5.74) is 0.489. The Morgan fingerprint density at radius 3 is 2.84 bits per heavy atom. The van der Waals surface area contributed by atoms with Crippen molar-refractivity contribution < 1.29 is 19.0 Å². The molecule has 1 aliphatic rings. The lowest BCUT2D eigenvalue weighted by Crippen LogP contribution is -2.47. The number of carboxylic acid groups (broad SMARTS) is 1. The molecule has 2 rings (SSSR count). The number of carbonyl (C=O) groups is 1. The second-order valence-corrected chi connectivity index (χ2v) is 4.89. The highest BCUT2D eigenvalue weighted by Gasteiger charge is 2.38. The van der Waals surface area contributed by atoms with Gasteiger partial charge in [-0.15, -0.1) is 0 Å². The second-order valence-electron chi connectivity index (χ2n) is 4.51. The van der Waals surface area contributed by atoms with E-state index in [1.165, 1.54) is 18.1 Å². The molecule has 0 aliphatic heterocycles. The molecule has 7 heteroatoms. The van der Waals surface area contributed by atoms with Crippen molar-refractivity contribution in [2.45, 2.75) is 24.8 Å². The predicted molar refractivity (Wildman–Crippen MR) is 66.7 cm³/mol. The van der Waals surface area contributed by atoms with E-state index in [0.29, 0.717) is 18.4 Å². The molecule has 0 saturated heterocycles. The molecule has 0 aromatic carbocycles. The van der Waals surface area contributed by atoms with Crippen LogP contribution >= 0.6 is 11.6 Å². The van der Waals surface area contributed by atoms with Crippen LogP contribution in [0.1, 0.15) is 24.3 Å². The number of aromatic nitrogens is 1. The van der Waals surface area contributed by atoms with E-state index in [0.717, 1.165) is 0 Å². The Balaban J connectivity index is 2.00. The largest absolute Gasteiger partial charge is 0.465 e. The van der Waals surface area contributed by atoms with Crippen LogP contribution < -0.4 is 0 Å². The minimum atomic E-state index is -1.03. The van der Waals surface area contributed by atoms with Crippen molar-refractivity contribution in [3.8, 4) is 0 Å². The molecule has 0 radical (unpaired) electrons. The smallest absolute Gasteiger partial charge is 0.409 e. The van der Waals surface area contributed by atoms with Gasteiger partial charge in [0.1, 0.15) is 11.9 Å². The van der Waals surface area contributed by atoms with Crippen molar-refractivity contribution in [2.75, 3.05) is 13.8 Å². The molecule has 1 aromatic heterocycles. The highest BCUT2D eigenvalue weighted by molar-refractivity contribution is 6.29. The topological polar surface area (TPSA) is 62.7 Å². The van der Waals surface area contributed by atoms with Gasteiger partial charge in [0.2, 0.25) is 5.95 Å². The average molecular weight is 289 g/mol. The van der Waals surface area contributed by atoms with Gasteiger partial charge in [0.25, 0.3) is 0 Å². The van der Waals surface area contributed by atoms with Gasteiger partial charge in [-0.25, -0.2) is 9.78 Å². The van der Waals surface area contributed by atoms with Crippen molar-refractivity contribution in [1.82, 2.24) is 9.88 Å². The van der Waals surface area contributed by atoms with Gasteiger partial charge >= 0.3 is 6.09 Å². The maximum absolute atomic E-state index is 13.6. The number of rotatable bonds is 4. The summed E-state index contributed by atoms with van der Waals surface area (Å²) in [5.74, 6) is -0.599. The van der Waals surface area contributed by atoms with Gasteiger partial charge in [-0.1, -0.05) is 17.7 Å². The minimum Gasteiger partial charge on any atom is -0.465 e. The summed E-state index contributed by atoms with van der Waals surface area (Å²) >= 11 is 5.59. The first-order chi connectivity index (χ1) is 9.02. The van der Waals surface area contributed by atoms with Gasteiger partial charge in [0.05, 0.1) is 0 Å². The Hall–Kier alpha value is -1.40. The molecule has 1 aromatic rings. The SMILES string of the molecule is COCN(C(=O)O)C1CC(c2ccc(Cl)nc2F)C1. The molecule has 1 fully saturated rings. The molecule has 0 unspecified atom stereocenters. The Kier molecular flexibility index (Phi) is 4.21. The Morgan fingerprint density at radius 2 is 2.32 bits per heavy atom. The Bertz CT molecular complexity index is 480. The fourth-order valence-electron chi connectivity index (χ4n) is 2.28. The number of halogens is 2. The molecule has 1 aliphatic carbocycles. The van der Waals surface area contributed by atoms with Crippen molar-refractivity contribution in [3.05, 3.63) is 28.8 Å². The van der Waals surface area contributed by atoms with Crippen LogP contribution in [0.25, 0.3) is 0 Å². The first kappa shape index (κ1) is 14.0. The lowest BCUT2D eigenvalue weighted by atomic mass is 9.75. The van der Waals surface area contributed by atoms with Crippen LogP contribution in [0.4, 0.5) is 9.18 Å². The maximum Gasteiger partial charge on any atom is 0.409 e. The third-order valence-corrected chi connectivity index (χ3v) is 3.56. The monoisotopic (exact) mass is 288 g/mol. The van der Waals surface area contributed by atoms with Gasteiger partial charge in [-0.3, -0.25) is 4.90 Å². The summed E-state index contributed by atoms with van der Waals surface area (Å²) in [7, 11) is 1.44. The first-order valence-electron chi connectivity index (χ1n) is 5.83. The predicted octanol–water partition coefficient (Wildman–Crippen LogP) is 2.70. The van der Waals surface area contributed by atoms with Gasteiger partial charge in [0, 0.05) is 18.7 Å². The van der Waals surface area contributed by atoms with Gasteiger partial charge in [-0.2, -0.15) is 4.39 Å². The number of hydrogen-bond acceptors (Lipinski definition) is 3. The number of pyridine rings is 1. The van der Waals surface area contributed by atoms with Crippen LogP contribution in [-0.2, 0) is 4.74 Å². The van der Waals surface area contributed by atoms with E-state index < -0.39 is 12.0 Å². The maximum atomic E-state index is 13.6. The molecule has 104 valence electrons. The number of methoxy groups -OCH3 is 1. The van der Waals surface area contributed by atoms with E-state index in [9.17, 15) is 9.18 Å². The van der Waals surface area contributed by atoms with E-state index in [-0.39, 0.29) is 23.8 Å². The van der Waals surface area contributed by atoms with Crippen LogP contribution in [0, 0.1) is 5.95 Å². The van der Waals surface area contributed by atoms with Crippen molar-refractivity contribution in [1.29, 1.82) is 0 Å². The molecule has 1 heterocycles. The average Bonchev–Trinajstić information content (AvgIpc) is 2.28. The van der Waals surface area contributed by atoms with Crippen LogP contribution in [0.5, 0.6) is 0 Å². The van der Waals surface area contributed by atoms with Gasteiger partial charge in [-0.05, 0) is 24.8 Å². The lowest BCUT2D eigenvalue weighted by molar-refractivity contribution is 0.00959.